The molecule has 7 aromatic rings. The zero-order chi connectivity index (χ0) is 57.9. The molecule has 0 radical (unpaired) electrons. The molecule has 3 amide bonds. The molecule has 0 spiro atoms. The fourth-order valence-corrected chi connectivity index (χ4v) is 15.4. The van der Waals surface area contributed by atoms with Crippen LogP contribution in [0.2, 0.25) is 0 Å². The van der Waals surface area contributed by atoms with Crippen molar-refractivity contribution in [2.45, 2.75) is 52.3 Å². The van der Waals surface area contributed by atoms with Gasteiger partial charge in [0.25, 0.3) is 27.7 Å². The average molecular weight is 1190 g/mol. The van der Waals surface area contributed by atoms with E-state index in [2.05, 4.69) is 0 Å². The van der Waals surface area contributed by atoms with Crippen LogP contribution in [0.1, 0.15) is 55.9 Å². The van der Waals surface area contributed by atoms with Crippen molar-refractivity contribution < 1.29 is 80.0 Å². The number of para-hydroxylation sites is 2. The van der Waals surface area contributed by atoms with Crippen LogP contribution in [0.4, 0.5) is 11.4 Å². The summed E-state index contributed by atoms with van der Waals surface area (Å²) in [5, 5.41) is 9.27. The van der Waals surface area contributed by atoms with Crippen molar-refractivity contribution in [3.8, 4) is 0 Å². The summed E-state index contributed by atoms with van der Waals surface area (Å²) in [7, 11) is -23.3. The lowest BCUT2D eigenvalue weighted by atomic mass is 9.92. The molecule has 2 aliphatic heterocycles. The number of rotatable bonds is 19. The van der Waals surface area contributed by atoms with Gasteiger partial charge in [-0.25, -0.2) is 51.3 Å². The number of fused-ring (bicyclic) bond motifs is 2. The first-order valence-corrected chi connectivity index (χ1v) is 32.0. The Labute approximate surface area is 459 Å². The maximum atomic E-state index is 14.8. The average Bonchev–Trinajstić information content (AvgIpc) is 3.57. The molecule has 1 aromatic heterocycles. The van der Waals surface area contributed by atoms with E-state index in [-0.39, 0.29) is 84.3 Å². The van der Waals surface area contributed by atoms with E-state index in [1.807, 2.05) is 4.57 Å². The van der Waals surface area contributed by atoms with E-state index in [1.54, 1.807) is 72.5 Å². The van der Waals surface area contributed by atoms with Crippen molar-refractivity contribution in [2.75, 3.05) is 61.4 Å². The Kier molecular flexibility index (Phi) is 15.5. The van der Waals surface area contributed by atoms with Gasteiger partial charge in [-0.05, 0) is 74.0 Å². The standard InChI is InChI=1S/C52H50N6O17S5/c1-33-16-18-35(19-17-33)78(68,69)57(21-7-15-46(59)60)52(63)48-38-11-2-4-13-43(38)56(44-14-5-3-12-39(44)48)20-8-27-77(66,67)55-24-22-54(23-25-55)26-28-76(64,65)36-10-6-9-34(29-36)58-50(61)41-31-37(79(70,71)72)30-40-47(41)42(51(58)62)32-45(49(40)53)80(73,74)75/h2-6,9-14,16-19,29-32H,7-8,15,20-28H2,1H3,(H4-,53,59,60,61,62,70,71,72,73,74,75)/p-1. The molecule has 80 heavy (non-hydrogen) atoms. The number of benzene rings is 6. The molecule has 3 N–H and O–H groups in total. The number of amides is 3. The molecule has 2 aliphatic rings. The molecule has 23 nitrogen and oxygen atoms in total. The third-order valence-corrected chi connectivity index (χ3v) is 21.1. The summed E-state index contributed by atoms with van der Waals surface area (Å²) in [5.74, 6) is -5.26. The van der Waals surface area contributed by atoms with E-state index in [1.165, 1.54) is 34.6 Å². The molecule has 0 bridgehead atoms. The topological polar surface area (TPSA) is 348 Å². The van der Waals surface area contributed by atoms with E-state index < -0.39 is 125 Å². The first-order valence-electron chi connectivity index (χ1n) is 24.5. The van der Waals surface area contributed by atoms with Gasteiger partial charge in [-0.2, -0.15) is 8.87 Å². The summed E-state index contributed by atoms with van der Waals surface area (Å²) in [6.07, 6.45) is -0.439. The molecule has 28 heteroatoms. The van der Waals surface area contributed by atoms with Crippen LogP contribution >= 0.6 is 0 Å². The van der Waals surface area contributed by atoms with Gasteiger partial charge in [-0.3, -0.25) is 24.1 Å². The molecular weight excluding hydrogens is 1140 g/mol. The van der Waals surface area contributed by atoms with Crippen LogP contribution in [0.25, 0.3) is 32.6 Å². The Morgan fingerprint density at radius 1 is 0.662 bits per heavy atom. The second-order valence-electron chi connectivity index (χ2n) is 19.1. The Balaban J connectivity index is 0.877. The van der Waals surface area contributed by atoms with Crippen LogP contribution < -0.4 is 15.2 Å². The number of sulfone groups is 1. The summed E-state index contributed by atoms with van der Waals surface area (Å²) >= 11 is 0. The van der Waals surface area contributed by atoms with Gasteiger partial charge in [0.15, 0.2) is 16.4 Å². The van der Waals surface area contributed by atoms with Gasteiger partial charge >= 0.3 is 5.97 Å². The summed E-state index contributed by atoms with van der Waals surface area (Å²) in [6, 6.07) is 26.1. The Hall–Kier alpha value is -7.28. The molecule has 0 saturated carbocycles. The molecule has 1 fully saturated rings. The third kappa shape index (κ3) is 11.1. The molecule has 0 atom stereocenters. The molecule has 420 valence electrons. The Morgan fingerprint density at radius 3 is 1.85 bits per heavy atom. The number of pyridine rings is 1. The zero-order valence-corrected chi connectivity index (χ0v) is 46.4. The number of anilines is 2. The van der Waals surface area contributed by atoms with Gasteiger partial charge in [-0.15, -0.1) is 0 Å². The van der Waals surface area contributed by atoms with E-state index >= 15 is 0 Å². The summed E-state index contributed by atoms with van der Waals surface area (Å²) < 4.78 is 161. The van der Waals surface area contributed by atoms with Gasteiger partial charge in [0.05, 0.1) is 69.9 Å². The minimum Gasteiger partial charge on any atom is -0.744 e. The SMILES string of the molecule is Cc1ccc(S(=O)(=O)N(CCCC(=O)O)C(=O)c2c3ccccc3[n+](CCCS(=O)(=O)N3CCN(CCS(=O)(=O)c4cccc(N5C(=O)c6cc(S(=O)(=O)[O-])cc7c(N)c(S(=O)(=O)[O-])cc(c67)C5=O)c4)CC3)c3ccccc23)cc1. The van der Waals surface area contributed by atoms with E-state index in [4.69, 9.17) is 5.73 Å². The molecule has 1 saturated heterocycles. The highest BCUT2D eigenvalue weighted by atomic mass is 32.2. The zero-order valence-electron chi connectivity index (χ0n) is 42.3. The number of sulfonamides is 2. The highest BCUT2D eigenvalue weighted by Gasteiger charge is 2.39. The minimum atomic E-state index is -5.42. The summed E-state index contributed by atoms with van der Waals surface area (Å²) in [5.41, 5.74) is 5.49. The maximum absolute atomic E-state index is 14.8. The first-order chi connectivity index (χ1) is 37.6. The van der Waals surface area contributed by atoms with Gasteiger partial charge in [0.2, 0.25) is 21.1 Å². The number of piperazine rings is 1. The number of carboxylic acids is 1. The summed E-state index contributed by atoms with van der Waals surface area (Å²) in [6.45, 7) is 1.78. The molecular formula is C52H49N6O17S5-. The normalized spacial score (nSPS) is 15.0. The monoisotopic (exact) mass is 1190 g/mol. The Morgan fingerprint density at radius 2 is 1.26 bits per heavy atom. The van der Waals surface area contributed by atoms with Crippen LogP contribution in [0.3, 0.4) is 0 Å². The highest BCUT2D eigenvalue weighted by Crippen LogP contribution is 2.41. The lowest BCUT2D eigenvalue weighted by molar-refractivity contribution is -0.645. The minimum absolute atomic E-state index is 0.0198. The molecule has 0 unspecified atom stereocenters. The lowest BCUT2D eigenvalue weighted by Crippen LogP contribution is -2.50. The maximum Gasteiger partial charge on any atom is 0.303 e. The van der Waals surface area contributed by atoms with Crippen LogP contribution in [0.15, 0.2) is 135 Å². The quantitative estimate of drug-likeness (QED) is 0.0385. The fourth-order valence-electron chi connectivity index (χ4n) is 9.99. The number of nitrogens with two attached hydrogens (primary N) is 1. The molecule has 9 rings (SSSR count). The number of imide groups is 1. The van der Waals surface area contributed by atoms with Gasteiger partial charge in [-0.1, -0.05) is 48.0 Å². The second kappa shape index (κ2) is 21.6. The predicted octanol–water partition coefficient (Wildman–Crippen LogP) is 3.44. The van der Waals surface area contributed by atoms with E-state index in [0.29, 0.717) is 49.2 Å². The second-order valence-corrected chi connectivity index (χ2v) is 27.9. The van der Waals surface area contributed by atoms with Gasteiger partial charge in [0, 0.05) is 75.0 Å². The number of hydrogen-bond donors (Lipinski definition) is 2. The molecule has 6 aromatic carbocycles. The number of carbonyl (C=O) groups excluding carboxylic acids is 3. The van der Waals surface area contributed by atoms with Gasteiger partial charge in [0.1, 0.15) is 20.2 Å². The number of aryl methyl sites for hydroxylation is 2. The van der Waals surface area contributed by atoms with E-state index in [0.717, 1.165) is 11.6 Å². The largest absolute Gasteiger partial charge is 0.744 e. The predicted molar refractivity (Wildman–Crippen MR) is 288 cm³/mol. The number of carboxylic acid groups (broad SMARTS) is 1. The van der Waals surface area contributed by atoms with Crippen molar-refractivity contribution in [2.24, 2.45) is 0 Å². The van der Waals surface area contributed by atoms with Crippen molar-refractivity contribution >= 4 is 118 Å². The molecule has 0 aliphatic carbocycles. The van der Waals surface area contributed by atoms with Crippen LogP contribution in [-0.2, 0) is 61.5 Å². The fraction of sp³-hybridized carbons (Fsp3) is 0.250. The number of aromatic nitrogens is 1. The van der Waals surface area contributed by atoms with Crippen molar-refractivity contribution in [3.63, 3.8) is 0 Å². The lowest BCUT2D eigenvalue weighted by Gasteiger charge is -2.33. The number of carbonyl (C=O) groups is 4. The third-order valence-electron chi connectivity index (χ3n) is 14.0. The smallest absolute Gasteiger partial charge is 0.303 e. The highest BCUT2D eigenvalue weighted by molar-refractivity contribution is 7.91. The Bertz CT molecular complexity index is 4260. The number of nitrogen functional groups attached to an aromatic ring is 1. The van der Waals surface area contributed by atoms with Crippen LogP contribution in [0.5, 0.6) is 0 Å². The number of hydrogen-bond acceptors (Lipinski definition) is 18. The van der Waals surface area contributed by atoms with Crippen molar-refractivity contribution in [1.82, 2.24) is 13.5 Å². The number of nitrogens with zero attached hydrogens (tertiary/aromatic N) is 5. The summed E-state index contributed by atoms with van der Waals surface area (Å²) in [4.78, 5) is 53.8. The van der Waals surface area contributed by atoms with Crippen molar-refractivity contribution in [1.29, 1.82) is 0 Å². The van der Waals surface area contributed by atoms with Crippen LogP contribution in [-0.4, -0.2) is 144 Å². The first kappa shape index (κ1) is 57.4. The van der Waals surface area contributed by atoms with Crippen LogP contribution in [0, 0.1) is 6.92 Å². The van der Waals surface area contributed by atoms with Crippen molar-refractivity contribution in [3.05, 3.63) is 138 Å². The van der Waals surface area contributed by atoms with E-state index in [9.17, 15) is 75.5 Å². The van der Waals surface area contributed by atoms with Gasteiger partial charge < -0.3 is 19.9 Å². The number of aliphatic carboxylic acids is 1. The molecule has 3 heterocycles.